The normalized spacial score (nSPS) is 11.8. The van der Waals surface area contributed by atoms with Gasteiger partial charge in [-0.15, -0.1) is 0 Å². The molecule has 1 aromatic carbocycles. The standard InChI is InChI=1S/C15H21N3O4S2/c1-3-5-8-22-14(19)10-23-15-17-12-9-11(24(16,20)21)6-7-13(12)18(15)4-2/h6-7,9H,3-5,8,10H2,1-2H3,(H2,16,20,21). The first-order valence-corrected chi connectivity index (χ1v) is 10.2. The van der Waals surface area contributed by atoms with Crippen LogP contribution in [0.3, 0.4) is 0 Å². The van der Waals surface area contributed by atoms with Crippen LogP contribution < -0.4 is 5.14 Å². The number of imidazole rings is 1. The molecule has 0 aliphatic rings. The van der Waals surface area contributed by atoms with E-state index in [1.54, 1.807) is 6.07 Å². The zero-order valence-corrected chi connectivity index (χ0v) is 15.3. The summed E-state index contributed by atoms with van der Waals surface area (Å²) < 4.78 is 30.0. The lowest BCUT2D eigenvalue weighted by Gasteiger charge is -2.06. The number of rotatable bonds is 8. The molecule has 0 aliphatic carbocycles. The van der Waals surface area contributed by atoms with Gasteiger partial charge >= 0.3 is 5.97 Å². The van der Waals surface area contributed by atoms with Crippen molar-refractivity contribution >= 4 is 38.8 Å². The number of thioether (sulfide) groups is 1. The first-order valence-electron chi connectivity index (χ1n) is 7.68. The highest BCUT2D eigenvalue weighted by Gasteiger charge is 2.15. The zero-order chi connectivity index (χ0) is 17.7. The number of hydrogen-bond donors (Lipinski definition) is 1. The first-order chi connectivity index (χ1) is 11.4. The second-order valence-corrected chi connectivity index (χ2v) is 7.70. The topological polar surface area (TPSA) is 104 Å². The Hall–Kier alpha value is -1.58. The van der Waals surface area contributed by atoms with Crippen molar-refractivity contribution in [2.75, 3.05) is 12.4 Å². The third-order valence-electron chi connectivity index (χ3n) is 3.41. The van der Waals surface area contributed by atoms with Gasteiger partial charge < -0.3 is 9.30 Å². The van der Waals surface area contributed by atoms with E-state index in [4.69, 9.17) is 9.88 Å². The average molecular weight is 371 g/mol. The maximum atomic E-state index is 11.7. The van der Waals surface area contributed by atoms with Crippen molar-refractivity contribution in [1.82, 2.24) is 9.55 Å². The number of nitrogens with two attached hydrogens (primary N) is 1. The minimum atomic E-state index is -3.77. The van der Waals surface area contributed by atoms with Crippen molar-refractivity contribution < 1.29 is 17.9 Å². The van der Waals surface area contributed by atoms with Crippen molar-refractivity contribution in [3.05, 3.63) is 18.2 Å². The van der Waals surface area contributed by atoms with Crippen LogP contribution in [0.1, 0.15) is 26.7 Å². The molecule has 9 heteroatoms. The molecular formula is C15H21N3O4S2. The molecule has 0 atom stereocenters. The predicted molar refractivity (Wildman–Crippen MR) is 93.4 cm³/mol. The van der Waals surface area contributed by atoms with Crippen LogP contribution in [0.2, 0.25) is 0 Å². The lowest BCUT2D eigenvalue weighted by atomic mass is 10.3. The maximum Gasteiger partial charge on any atom is 0.316 e. The Morgan fingerprint density at radius 3 is 2.75 bits per heavy atom. The Labute approximate surface area is 145 Å². The largest absolute Gasteiger partial charge is 0.465 e. The lowest BCUT2D eigenvalue weighted by Crippen LogP contribution is -2.11. The van der Waals surface area contributed by atoms with Crippen molar-refractivity contribution in [1.29, 1.82) is 0 Å². The van der Waals surface area contributed by atoms with Gasteiger partial charge in [0.1, 0.15) is 0 Å². The molecule has 1 heterocycles. The SMILES string of the molecule is CCCCOC(=O)CSc1nc2cc(S(N)(=O)=O)ccc2n1CC. The van der Waals surface area contributed by atoms with Crippen molar-refractivity contribution in [3.8, 4) is 0 Å². The van der Waals surface area contributed by atoms with E-state index in [2.05, 4.69) is 4.98 Å². The predicted octanol–water partition coefficient (Wildman–Crippen LogP) is 2.14. The molecule has 7 nitrogen and oxygen atoms in total. The van der Waals surface area contributed by atoms with Gasteiger partial charge in [0.2, 0.25) is 10.0 Å². The zero-order valence-electron chi connectivity index (χ0n) is 13.7. The lowest BCUT2D eigenvalue weighted by molar-refractivity contribution is -0.140. The summed E-state index contributed by atoms with van der Waals surface area (Å²) in [5, 5.41) is 5.80. The van der Waals surface area contributed by atoms with Crippen LogP contribution >= 0.6 is 11.8 Å². The second-order valence-electron chi connectivity index (χ2n) is 5.20. The van der Waals surface area contributed by atoms with Gasteiger partial charge in [-0.1, -0.05) is 25.1 Å². The van der Waals surface area contributed by atoms with Crippen LogP contribution in [0, 0.1) is 0 Å². The number of nitrogens with zero attached hydrogens (tertiary/aromatic N) is 2. The molecule has 0 saturated heterocycles. The van der Waals surface area contributed by atoms with Crippen LogP contribution in [0.15, 0.2) is 28.3 Å². The molecule has 24 heavy (non-hydrogen) atoms. The molecule has 0 bridgehead atoms. The molecule has 0 saturated carbocycles. The summed E-state index contributed by atoms with van der Waals surface area (Å²) in [4.78, 5) is 16.2. The third kappa shape index (κ3) is 4.49. The highest BCUT2D eigenvalue weighted by Crippen LogP contribution is 2.26. The molecule has 0 unspecified atom stereocenters. The number of sulfonamides is 1. The number of carbonyl (C=O) groups is 1. The van der Waals surface area contributed by atoms with Crippen LogP contribution in [0.5, 0.6) is 0 Å². The molecule has 0 spiro atoms. The van der Waals surface area contributed by atoms with Crippen LogP contribution in [-0.4, -0.2) is 36.3 Å². The van der Waals surface area contributed by atoms with Gasteiger partial charge in [-0.25, -0.2) is 18.5 Å². The number of aromatic nitrogens is 2. The molecule has 2 rings (SSSR count). The molecular weight excluding hydrogens is 350 g/mol. The number of hydrogen-bond acceptors (Lipinski definition) is 6. The Morgan fingerprint density at radius 2 is 2.12 bits per heavy atom. The third-order valence-corrected chi connectivity index (χ3v) is 5.27. The smallest absolute Gasteiger partial charge is 0.316 e. The summed E-state index contributed by atoms with van der Waals surface area (Å²) in [6.45, 7) is 5.07. The average Bonchev–Trinajstić information content (AvgIpc) is 2.89. The number of ether oxygens (including phenoxy) is 1. The molecule has 2 aromatic rings. The number of aryl methyl sites for hydroxylation is 1. The van der Waals surface area contributed by atoms with E-state index in [-0.39, 0.29) is 16.6 Å². The summed E-state index contributed by atoms with van der Waals surface area (Å²) in [7, 11) is -3.77. The fraction of sp³-hybridized carbons (Fsp3) is 0.467. The van der Waals surface area contributed by atoms with Gasteiger partial charge in [-0.05, 0) is 31.5 Å². The number of fused-ring (bicyclic) bond motifs is 1. The van der Waals surface area contributed by atoms with E-state index in [0.29, 0.717) is 23.8 Å². The molecule has 0 fully saturated rings. The van der Waals surface area contributed by atoms with Gasteiger partial charge in [0, 0.05) is 6.54 Å². The van der Waals surface area contributed by atoms with E-state index >= 15 is 0 Å². The minimum Gasteiger partial charge on any atom is -0.465 e. The van der Waals surface area contributed by atoms with Crippen LogP contribution in [0.4, 0.5) is 0 Å². The number of benzene rings is 1. The van der Waals surface area contributed by atoms with E-state index in [9.17, 15) is 13.2 Å². The summed E-state index contributed by atoms with van der Waals surface area (Å²) in [5.41, 5.74) is 1.33. The summed E-state index contributed by atoms with van der Waals surface area (Å²) in [6.07, 6.45) is 1.82. The van der Waals surface area contributed by atoms with Crippen LogP contribution in [-0.2, 0) is 26.1 Å². The van der Waals surface area contributed by atoms with Crippen LogP contribution in [0.25, 0.3) is 11.0 Å². The molecule has 0 aliphatic heterocycles. The fourth-order valence-corrected chi connectivity index (χ4v) is 3.59. The molecule has 1 aromatic heterocycles. The quantitative estimate of drug-likeness (QED) is 0.433. The number of unbranched alkanes of at least 4 members (excludes halogenated alkanes) is 1. The summed E-state index contributed by atoms with van der Waals surface area (Å²) in [6, 6.07) is 4.58. The van der Waals surface area contributed by atoms with Crippen molar-refractivity contribution in [3.63, 3.8) is 0 Å². The summed E-state index contributed by atoms with van der Waals surface area (Å²) >= 11 is 1.27. The summed E-state index contributed by atoms with van der Waals surface area (Å²) in [5.74, 6) is -0.122. The highest BCUT2D eigenvalue weighted by molar-refractivity contribution is 7.99. The van der Waals surface area contributed by atoms with Gasteiger partial charge in [0.25, 0.3) is 0 Å². The molecule has 0 amide bonds. The van der Waals surface area contributed by atoms with Gasteiger partial charge in [0.15, 0.2) is 5.16 Å². The molecule has 0 radical (unpaired) electrons. The van der Waals surface area contributed by atoms with Crippen molar-refractivity contribution in [2.24, 2.45) is 5.14 Å². The van der Waals surface area contributed by atoms with E-state index < -0.39 is 10.0 Å². The Kier molecular flexibility index (Phi) is 6.25. The first kappa shape index (κ1) is 18.8. The Morgan fingerprint density at radius 1 is 1.38 bits per heavy atom. The Balaban J connectivity index is 2.19. The minimum absolute atomic E-state index is 0.0197. The molecule has 132 valence electrons. The van der Waals surface area contributed by atoms with Gasteiger partial charge in [0.05, 0.1) is 28.3 Å². The second kappa shape index (κ2) is 8.00. The van der Waals surface area contributed by atoms with Crippen molar-refractivity contribution in [2.45, 2.75) is 43.3 Å². The monoisotopic (exact) mass is 371 g/mol. The van der Waals surface area contributed by atoms with E-state index in [0.717, 1.165) is 18.4 Å². The van der Waals surface area contributed by atoms with E-state index in [1.165, 1.54) is 23.9 Å². The molecule has 2 N–H and O–H groups in total. The van der Waals surface area contributed by atoms with E-state index in [1.807, 2.05) is 18.4 Å². The fourth-order valence-electron chi connectivity index (χ4n) is 2.18. The maximum absolute atomic E-state index is 11.7. The van der Waals surface area contributed by atoms with Gasteiger partial charge in [-0.2, -0.15) is 0 Å². The number of primary sulfonamides is 1. The Bertz CT molecular complexity index is 831. The number of esters is 1. The van der Waals surface area contributed by atoms with Gasteiger partial charge in [-0.3, -0.25) is 4.79 Å². The number of carbonyl (C=O) groups excluding carboxylic acids is 1. The highest BCUT2D eigenvalue weighted by atomic mass is 32.2.